The van der Waals surface area contributed by atoms with Crippen molar-refractivity contribution in [3.05, 3.63) is 39.9 Å². The molecular formula is C11H12BrN5O. The van der Waals surface area contributed by atoms with Crippen LogP contribution >= 0.6 is 15.9 Å². The van der Waals surface area contributed by atoms with Gasteiger partial charge in [0.15, 0.2) is 5.84 Å². The Bertz CT molecular complexity index is 620. The van der Waals surface area contributed by atoms with Gasteiger partial charge in [0.25, 0.3) is 0 Å². The molecule has 0 aromatic carbocycles. The maximum Gasteiger partial charge on any atom is 0.172 e. The highest BCUT2D eigenvalue weighted by molar-refractivity contribution is 9.10. The van der Waals surface area contributed by atoms with Crippen molar-refractivity contribution in [2.45, 2.75) is 13.8 Å². The Hall–Kier alpha value is -1.89. The molecule has 0 unspecified atom stereocenters. The third-order valence-electron chi connectivity index (χ3n) is 2.61. The zero-order valence-corrected chi connectivity index (χ0v) is 11.5. The molecule has 0 aliphatic rings. The molecule has 7 heteroatoms. The van der Waals surface area contributed by atoms with Crippen LogP contribution in [0.25, 0.3) is 5.69 Å². The minimum atomic E-state index is 0.0241. The van der Waals surface area contributed by atoms with Crippen molar-refractivity contribution in [2.75, 3.05) is 0 Å². The molecule has 94 valence electrons. The van der Waals surface area contributed by atoms with E-state index in [0.717, 1.165) is 15.9 Å². The monoisotopic (exact) mass is 309 g/mol. The van der Waals surface area contributed by atoms with E-state index in [1.54, 1.807) is 23.1 Å². The molecule has 0 bridgehead atoms. The summed E-state index contributed by atoms with van der Waals surface area (Å²) in [6, 6.07) is 1.68. The Labute approximate surface area is 112 Å². The molecule has 18 heavy (non-hydrogen) atoms. The summed E-state index contributed by atoms with van der Waals surface area (Å²) in [6.07, 6.45) is 3.21. The van der Waals surface area contributed by atoms with E-state index < -0.39 is 0 Å². The molecule has 0 amide bonds. The average molecular weight is 310 g/mol. The van der Waals surface area contributed by atoms with E-state index in [4.69, 9.17) is 10.9 Å². The summed E-state index contributed by atoms with van der Waals surface area (Å²) in [4.78, 5) is 4.05. The van der Waals surface area contributed by atoms with Crippen LogP contribution in [0.4, 0.5) is 0 Å². The number of hydrogen-bond acceptors (Lipinski definition) is 4. The Morgan fingerprint density at radius 2 is 2.22 bits per heavy atom. The van der Waals surface area contributed by atoms with Crippen molar-refractivity contribution in [1.29, 1.82) is 0 Å². The molecule has 6 nitrogen and oxygen atoms in total. The topological polar surface area (TPSA) is 89.3 Å². The lowest BCUT2D eigenvalue weighted by Gasteiger charge is -2.09. The summed E-state index contributed by atoms with van der Waals surface area (Å²) in [5.41, 5.74) is 8.67. The van der Waals surface area contributed by atoms with Gasteiger partial charge in [0.1, 0.15) is 0 Å². The zero-order valence-electron chi connectivity index (χ0n) is 9.92. The predicted molar refractivity (Wildman–Crippen MR) is 71.0 cm³/mol. The number of aryl methyl sites for hydroxylation is 1. The number of nitrogens with zero attached hydrogens (tertiary/aromatic N) is 4. The van der Waals surface area contributed by atoms with Crippen LogP contribution in [-0.4, -0.2) is 25.8 Å². The largest absolute Gasteiger partial charge is 0.409 e. The van der Waals surface area contributed by atoms with E-state index in [0.29, 0.717) is 11.3 Å². The second-order valence-electron chi connectivity index (χ2n) is 3.77. The van der Waals surface area contributed by atoms with Gasteiger partial charge in [-0.3, -0.25) is 4.98 Å². The van der Waals surface area contributed by atoms with E-state index in [1.165, 1.54) is 0 Å². The van der Waals surface area contributed by atoms with Gasteiger partial charge >= 0.3 is 0 Å². The van der Waals surface area contributed by atoms with Crippen LogP contribution in [-0.2, 0) is 0 Å². The highest BCUT2D eigenvalue weighted by Gasteiger charge is 2.15. The van der Waals surface area contributed by atoms with Crippen LogP contribution in [0, 0.1) is 13.8 Å². The van der Waals surface area contributed by atoms with Crippen molar-refractivity contribution in [1.82, 2.24) is 14.8 Å². The van der Waals surface area contributed by atoms with E-state index in [1.807, 2.05) is 13.8 Å². The van der Waals surface area contributed by atoms with Crippen LogP contribution in [0.1, 0.15) is 17.0 Å². The molecule has 3 N–H and O–H groups in total. The highest BCUT2D eigenvalue weighted by Crippen LogP contribution is 2.24. The van der Waals surface area contributed by atoms with Crippen molar-refractivity contribution >= 4 is 21.8 Å². The SMILES string of the molecule is Cc1nn(-c2cnccc2/C(N)=N/O)c(C)c1Br. The van der Waals surface area contributed by atoms with Gasteiger partial charge in [-0.25, -0.2) is 4.68 Å². The van der Waals surface area contributed by atoms with E-state index >= 15 is 0 Å². The Morgan fingerprint density at radius 1 is 1.50 bits per heavy atom. The summed E-state index contributed by atoms with van der Waals surface area (Å²) in [5.74, 6) is 0.0241. The van der Waals surface area contributed by atoms with Gasteiger partial charge in [0.2, 0.25) is 0 Å². The lowest BCUT2D eigenvalue weighted by molar-refractivity contribution is 0.318. The molecule has 2 rings (SSSR count). The van der Waals surface area contributed by atoms with Crippen LogP contribution < -0.4 is 5.73 Å². The standard InChI is InChI=1S/C11H12BrN5O/c1-6-10(12)7(2)17(15-6)9-5-14-4-3-8(9)11(13)16-18/h3-5,18H,1-2H3,(H2,13,16). The molecule has 0 saturated heterocycles. The van der Waals surface area contributed by atoms with Crippen LogP contribution in [0.3, 0.4) is 0 Å². The molecule has 0 aliphatic heterocycles. The summed E-state index contributed by atoms with van der Waals surface area (Å²) in [5, 5.41) is 16.2. The first kappa shape index (κ1) is 12.6. The fourth-order valence-corrected chi connectivity index (χ4v) is 1.93. The van der Waals surface area contributed by atoms with Crippen molar-refractivity contribution in [3.8, 4) is 5.69 Å². The van der Waals surface area contributed by atoms with Gasteiger partial charge in [-0.2, -0.15) is 5.10 Å². The number of rotatable bonds is 2. The molecule has 2 heterocycles. The minimum Gasteiger partial charge on any atom is -0.409 e. The van der Waals surface area contributed by atoms with Crippen LogP contribution in [0.2, 0.25) is 0 Å². The summed E-state index contributed by atoms with van der Waals surface area (Å²) in [7, 11) is 0. The number of oxime groups is 1. The first-order valence-corrected chi connectivity index (χ1v) is 5.99. The maximum absolute atomic E-state index is 8.79. The fraction of sp³-hybridized carbons (Fsp3) is 0.182. The molecular weight excluding hydrogens is 298 g/mol. The van der Waals surface area contributed by atoms with E-state index in [-0.39, 0.29) is 5.84 Å². The predicted octanol–water partition coefficient (Wildman–Crippen LogP) is 1.74. The third-order valence-corrected chi connectivity index (χ3v) is 3.76. The van der Waals surface area contributed by atoms with Gasteiger partial charge in [-0.1, -0.05) is 5.16 Å². The minimum absolute atomic E-state index is 0.0241. The third kappa shape index (κ3) is 1.97. The number of aromatic nitrogens is 3. The Kier molecular flexibility index (Phi) is 3.33. The van der Waals surface area contributed by atoms with Gasteiger partial charge < -0.3 is 10.9 Å². The summed E-state index contributed by atoms with van der Waals surface area (Å²) in [6.45, 7) is 3.82. The molecule has 0 saturated carbocycles. The Morgan fingerprint density at radius 3 is 2.78 bits per heavy atom. The highest BCUT2D eigenvalue weighted by atomic mass is 79.9. The smallest absolute Gasteiger partial charge is 0.172 e. The second kappa shape index (κ2) is 4.77. The molecule has 0 atom stereocenters. The first-order valence-electron chi connectivity index (χ1n) is 5.20. The number of nitrogens with two attached hydrogens (primary N) is 1. The molecule has 0 aliphatic carbocycles. The van der Waals surface area contributed by atoms with Gasteiger partial charge in [0, 0.05) is 11.8 Å². The van der Waals surface area contributed by atoms with Crippen molar-refractivity contribution in [3.63, 3.8) is 0 Å². The molecule has 0 spiro atoms. The van der Waals surface area contributed by atoms with Crippen LogP contribution in [0.15, 0.2) is 28.1 Å². The van der Waals surface area contributed by atoms with Gasteiger partial charge in [-0.05, 0) is 35.8 Å². The average Bonchev–Trinajstić information content (AvgIpc) is 2.65. The van der Waals surface area contributed by atoms with E-state index in [9.17, 15) is 0 Å². The van der Waals surface area contributed by atoms with Crippen molar-refractivity contribution < 1.29 is 5.21 Å². The van der Waals surface area contributed by atoms with Gasteiger partial charge in [0.05, 0.1) is 27.7 Å². The number of pyridine rings is 1. The maximum atomic E-state index is 8.79. The van der Waals surface area contributed by atoms with E-state index in [2.05, 4.69) is 31.2 Å². The fourth-order valence-electron chi connectivity index (χ4n) is 1.68. The summed E-state index contributed by atoms with van der Waals surface area (Å²) >= 11 is 3.46. The number of amidine groups is 1. The lowest BCUT2D eigenvalue weighted by atomic mass is 10.2. The first-order chi connectivity index (χ1) is 8.56. The number of halogens is 1. The van der Waals surface area contributed by atoms with Crippen molar-refractivity contribution in [2.24, 2.45) is 10.9 Å². The Balaban J connectivity index is 2.68. The number of hydrogen-bond donors (Lipinski definition) is 2. The van der Waals surface area contributed by atoms with Crippen LogP contribution in [0.5, 0.6) is 0 Å². The van der Waals surface area contributed by atoms with Gasteiger partial charge in [-0.15, -0.1) is 0 Å². The lowest BCUT2D eigenvalue weighted by Crippen LogP contribution is -2.17. The molecule has 2 aromatic heterocycles. The summed E-state index contributed by atoms with van der Waals surface area (Å²) < 4.78 is 2.64. The molecule has 2 aromatic rings. The quantitative estimate of drug-likeness (QED) is 0.383. The molecule has 0 radical (unpaired) electrons. The normalized spacial score (nSPS) is 11.8. The zero-order chi connectivity index (χ0) is 13.3. The second-order valence-corrected chi connectivity index (χ2v) is 4.57. The molecule has 0 fully saturated rings.